The maximum Gasteiger partial charge on any atom is 0.122 e. The van der Waals surface area contributed by atoms with Crippen molar-refractivity contribution in [3.05, 3.63) is 28.8 Å². The molecule has 0 fully saturated rings. The van der Waals surface area contributed by atoms with Gasteiger partial charge in [-0.3, -0.25) is 0 Å². The standard InChI is InChI=1S/C15H26N2O2/c1-10(2)14-6-12(7-17-8-13(16)9-18)11(3)5-15(14)19-4/h5-6,10,13,17-18H,7-9,16H2,1-4H3. The van der Waals surface area contributed by atoms with Crippen molar-refractivity contribution in [3.8, 4) is 5.75 Å². The summed E-state index contributed by atoms with van der Waals surface area (Å²) in [5, 5.41) is 12.2. The summed E-state index contributed by atoms with van der Waals surface area (Å²) in [6, 6.07) is 4.07. The Morgan fingerprint density at radius 3 is 2.58 bits per heavy atom. The number of hydrogen-bond acceptors (Lipinski definition) is 4. The Labute approximate surface area is 116 Å². The Kier molecular flexibility index (Phi) is 6.28. The van der Waals surface area contributed by atoms with E-state index in [-0.39, 0.29) is 12.6 Å². The molecule has 4 heteroatoms. The van der Waals surface area contributed by atoms with Crippen LogP contribution in [0.4, 0.5) is 0 Å². The maximum absolute atomic E-state index is 8.89. The second-order valence-corrected chi connectivity index (χ2v) is 5.25. The lowest BCUT2D eigenvalue weighted by Crippen LogP contribution is -2.36. The smallest absolute Gasteiger partial charge is 0.122 e. The second-order valence-electron chi connectivity index (χ2n) is 5.25. The van der Waals surface area contributed by atoms with E-state index in [0.717, 1.165) is 12.3 Å². The van der Waals surface area contributed by atoms with E-state index in [1.54, 1.807) is 7.11 Å². The first-order valence-electron chi connectivity index (χ1n) is 6.74. The minimum atomic E-state index is -0.205. The molecule has 1 aromatic rings. The van der Waals surface area contributed by atoms with Gasteiger partial charge in [-0.05, 0) is 35.6 Å². The van der Waals surface area contributed by atoms with Gasteiger partial charge >= 0.3 is 0 Å². The number of aryl methyl sites for hydroxylation is 1. The molecule has 1 unspecified atom stereocenters. The average Bonchev–Trinajstić information content (AvgIpc) is 2.39. The zero-order chi connectivity index (χ0) is 14.4. The fraction of sp³-hybridized carbons (Fsp3) is 0.600. The number of benzene rings is 1. The third-order valence-corrected chi connectivity index (χ3v) is 3.27. The highest BCUT2D eigenvalue weighted by Gasteiger charge is 2.11. The van der Waals surface area contributed by atoms with Crippen LogP contribution in [0.5, 0.6) is 5.75 Å². The fourth-order valence-corrected chi connectivity index (χ4v) is 2.02. The molecule has 0 saturated heterocycles. The van der Waals surface area contributed by atoms with Crippen molar-refractivity contribution in [3.63, 3.8) is 0 Å². The molecule has 0 aliphatic carbocycles. The van der Waals surface area contributed by atoms with Gasteiger partial charge in [0, 0.05) is 19.1 Å². The molecule has 0 aliphatic rings. The van der Waals surface area contributed by atoms with E-state index in [9.17, 15) is 0 Å². The molecule has 0 bridgehead atoms. The van der Waals surface area contributed by atoms with Crippen molar-refractivity contribution >= 4 is 0 Å². The molecule has 19 heavy (non-hydrogen) atoms. The minimum absolute atomic E-state index is 0.00579. The van der Waals surface area contributed by atoms with Gasteiger partial charge in [0.25, 0.3) is 0 Å². The number of nitrogens with two attached hydrogens (primary N) is 1. The first-order chi connectivity index (χ1) is 8.99. The van der Waals surface area contributed by atoms with E-state index >= 15 is 0 Å². The van der Waals surface area contributed by atoms with Gasteiger partial charge in [0.05, 0.1) is 13.7 Å². The molecule has 1 atom stereocenters. The van der Waals surface area contributed by atoms with Crippen molar-refractivity contribution in [2.45, 2.75) is 39.3 Å². The van der Waals surface area contributed by atoms with Crippen LogP contribution in [0, 0.1) is 6.92 Å². The summed E-state index contributed by atoms with van der Waals surface area (Å²) in [5.74, 6) is 1.37. The highest BCUT2D eigenvalue weighted by Crippen LogP contribution is 2.29. The third kappa shape index (κ3) is 4.49. The number of methoxy groups -OCH3 is 1. The molecule has 0 radical (unpaired) electrons. The van der Waals surface area contributed by atoms with E-state index in [4.69, 9.17) is 15.6 Å². The van der Waals surface area contributed by atoms with E-state index in [2.05, 4.69) is 38.2 Å². The van der Waals surface area contributed by atoms with Crippen LogP contribution in [0.3, 0.4) is 0 Å². The lowest BCUT2D eigenvalue weighted by molar-refractivity contribution is 0.262. The highest BCUT2D eigenvalue weighted by molar-refractivity contribution is 5.43. The number of aliphatic hydroxyl groups excluding tert-OH is 1. The lowest BCUT2D eigenvalue weighted by atomic mass is 9.96. The largest absolute Gasteiger partial charge is 0.496 e. The van der Waals surface area contributed by atoms with Crippen molar-refractivity contribution in [2.75, 3.05) is 20.3 Å². The molecule has 0 spiro atoms. The van der Waals surface area contributed by atoms with E-state index in [0.29, 0.717) is 12.5 Å². The molecule has 4 N–H and O–H groups in total. The van der Waals surface area contributed by atoms with Gasteiger partial charge in [-0.2, -0.15) is 0 Å². The predicted molar refractivity (Wildman–Crippen MR) is 78.6 cm³/mol. The lowest BCUT2D eigenvalue weighted by Gasteiger charge is -2.17. The summed E-state index contributed by atoms with van der Waals surface area (Å²) in [5.41, 5.74) is 9.33. The highest BCUT2D eigenvalue weighted by atomic mass is 16.5. The van der Waals surface area contributed by atoms with Gasteiger partial charge in [-0.1, -0.05) is 19.9 Å². The zero-order valence-corrected chi connectivity index (χ0v) is 12.4. The number of nitrogens with one attached hydrogen (secondary N) is 1. The monoisotopic (exact) mass is 266 g/mol. The summed E-state index contributed by atoms with van der Waals surface area (Å²) >= 11 is 0. The maximum atomic E-state index is 8.89. The van der Waals surface area contributed by atoms with E-state index in [1.165, 1.54) is 16.7 Å². The average molecular weight is 266 g/mol. The first kappa shape index (κ1) is 16.0. The topological polar surface area (TPSA) is 67.5 Å². The van der Waals surface area contributed by atoms with E-state index < -0.39 is 0 Å². The van der Waals surface area contributed by atoms with Crippen molar-refractivity contribution < 1.29 is 9.84 Å². The third-order valence-electron chi connectivity index (χ3n) is 3.27. The molecule has 108 valence electrons. The molecule has 0 aliphatic heterocycles. The fourth-order valence-electron chi connectivity index (χ4n) is 2.02. The number of ether oxygens (including phenoxy) is 1. The summed E-state index contributed by atoms with van der Waals surface area (Å²) in [6.45, 7) is 7.77. The molecule has 1 rings (SSSR count). The predicted octanol–water partition coefficient (Wildman–Crippen LogP) is 1.54. The quantitative estimate of drug-likeness (QED) is 0.700. The van der Waals surface area contributed by atoms with Crippen LogP contribution in [0.15, 0.2) is 12.1 Å². The van der Waals surface area contributed by atoms with Crippen LogP contribution in [0.2, 0.25) is 0 Å². The van der Waals surface area contributed by atoms with Crippen LogP contribution >= 0.6 is 0 Å². The zero-order valence-electron chi connectivity index (χ0n) is 12.4. The molecule has 0 saturated carbocycles. The minimum Gasteiger partial charge on any atom is -0.496 e. The summed E-state index contributed by atoms with van der Waals surface area (Å²) < 4.78 is 5.43. The molecule has 1 aromatic carbocycles. The molecular weight excluding hydrogens is 240 g/mol. The van der Waals surface area contributed by atoms with Gasteiger partial charge in [-0.15, -0.1) is 0 Å². The van der Waals surface area contributed by atoms with Gasteiger partial charge in [-0.25, -0.2) is 0 Å². The number of rotatable bonds is 7. The summed E-state index contributed by atoms with van der Waals surface area (Å²) in [4.78, 5) is 0. The summed E-state index contributed by atoms with van der Waals surface area (Å²) in [7, 11) is 1.71. The molecule has 0 heterocycles. The van der Waals surface area contributed by atoms with Gasteiger partial charge in [0.1, 0.15) is 5.75 Å². The van der Waals surface area contributed by atoms with Crippen molar-refractivity contribution in [1.82, 2.24) is 5.32 Å². The van der Waals surface area contributed by atoms with Gasteiger partial charge < -0.3 is 20.9 Å². The molecule has 0 amide bonds. The number of hydrogen-bond donors (Lipinski definition) is 3. The van der Waals surface area contributed by atoms with Gasteiger partial charge in [0.2, 0.25) is 0 Å². The Morgan fingerprint density at radius 2 is 2.05 bits per heavy atom. The van der Waals surface area contributed by atoms with Crippen molar-refractivity contribution in [1.29, 1.82) is 0 Å². The van der Waals surface area contributed by atoms with Crippen LogP contribution in [-0.2, 0) is 6.54 Å². The SMILES string of the molecule is COc1cc(C)c(CNCC(N)CO)cc1C(C)C. The van der Waals surface area contributed by atoms with Crippen LogP contribution in [-0.4, -0.2) is 31.4 Å². The van der Waals surface area contributed by atoms with Crippen LogP contribution in [0.1, 0.15) is 36.5 Å². The molecular formula is C15H26N2O2. The Bertz CT molecular complexity index is 405. The number of aliphatic hydroxyl groups is 1. The Balaban J connectivity index is 2.80. The Hall–Kier alpha value is -1.10. The van der Waals surface area contributed by atoms with Crippen LogP contribution in [0.25, 0.3) is 0 Å². The van der Waals surface area contributed by atoms with Crippen LogP contribution < -0.4 is 15.8 Å². The summed E-state index contributed by atoms with van der Waals surface area (Å²) in [6.07, 6.45) is 0. The Morgan fingerprint density at radius 1 is 1.37 bits per heavy atom. The first-order valence-corrected chi connectivity index (χ1v) is 6.74. The van der Waals surface area contributed by atoms with Crippen molar-refractivity contribution in [2.24, 2.45) is 5.73 Å². The van der Waals surface area contributed by atoms with E-state index in [1.807, 2.05) is 0 Å². The normalized spacial score (nSPS) is 12.8. The molecule has 0 aromatic heterocycles. The molecule has 4 nitrogen and oxygen atoms in total. The van der Waals surface area contributed by atoms with Gasteiger partial charge in [0.15, 0.2) is 0 Å². The second kappa shape index (κ2) is 7.48.